The lowest BCUT2D eigenvalue weighted by Gasteiger charge is -2.09. The zero-order valence-corrected chi connectivity index (χ0v) is 8.69. The minimum atomic E-state index is 0.496. The van der Waals surface area contributed by atoms with Gasteiger partial charge in [0, 0.05) is 16.4 Å². The lowest BCUT2D eigenvalue weighted by molar-refractivity contribution is 0.900. The highest BCUT2D eigenvalue weighted by atomic mass is 32.1. The normalized spacial score (nSPS) is 11.0. The van der Waals surface area contributed by atoms with Crippen molar-refractivity contribution in [2.45, 2.75) is 19.9 Å². The summed E-state index contributed by atoms with van der Waals surface area (Å²) in [6.07, 6.45) is 0. The third-order valence-corrected chi connectivity index (χ3v) is 2.81. The van der Waals surface area contributed by atoms with Crippen molar-refractivity contribution in [2.24, 2.45) is 0 Å². The molecule has 68 valence electrons. The van der Waals surface area contributed by atoms with Crippen molar-refractivity contribution < 1.29 is 0 Å². The Balaban J connectivity index is 2.37. The Labute approximate surface area is 82.4 Å². The van der Waals surface area contributed by atoms with E-state index in [0.717, 1.165) is 0 Å². The lowest BCUT2D eigenvalue weighted by atomic mass is 10.2. The van der Waals surface area contributed by atoms with Crippen LogP contribution in [0.1, 0.15) is 13.8 Å². The zero-order valence-electron chi connectivity index (χ0n) is 7.87. The van der Waals surface area contributed by atoms with Gasteiger partial charge < -0.3 is 5.32 Å². The average molecular weight is 191 g/mol. The molecule has 0 radical (unpaired) electrons. The molecule has 0 aliphatic rings. The van der Waals surface area contributed by atoms with Crippen LogP contribution in [-0.2, 0) is 0 Å². The van der Waals surface area contributed by atoms with Crippen LogP contribution < -0.4 is 5.32 Å². The summed E-state index contributed by atoms with van der Waals surface area (Å²) in [5.74, 6) is 0. The Kier molecular flexibility index (Phi) is 2.23. The largest absolute Gasteiger partial charge is 0.383 e. The quantitative estimate of drug-likeness (QED) is 0.762. The lowest BCUT2D eigenvalue weighted by Crippen LogP contribution is -2.09. The van der Waals surface area contributed by atoms with Crippen LogP contribution >= 0.6 is 11.3 Å². The van der Waals surface area contributed by atoms with Crippen LogP contribution in [0.25, 0.3) is 10.1 Å². The number of thiophene rings is 1. The molecule has 0 spiro atoms. The number of anilines is 1. The van der Waals surface area contributed by atoms with Crippen molar-refractivity contribution in [3.8, 4) is 0 Å². The van der Waals surface area contributed by atoms with Gasteiger partial charge in [0.1, 0.15) is 0 Å². The SMILES string of the molecule is CC(C)Nc1ccc2sccc2c1. The van der Waals surface area contributed by atoms with Gasteiger partial charge in [-0.05, 0) is 48.9 Å². The van der Waals surface area contributed by atoms with Gasteiger partial charge in [-0.15, -0.1) is 11.3 Å². The fourth-order valence-electron chi connectivity index (χ4n) is 1.39. The van der Waals surface area contributed by atoms with Crippen molar-refractivity contribution in [1.29, 1.82) is 0 Å². The molecule has 0 amide bonds. The minimum absolute atomic E-state index is 0.496. The average Bonchev–Trinajstić information content (AvgIpc) is 2.49. The minimum Gasteiger partial charge on any atom is -0.383 e. The second-order valence-electron chi connectivity index (χ2n) is 3.47. The molecule has 1 aromatic carbocycles. The molecule has 1 aromatic heterocycles. The Hall–Kier alpha value is -1.02. The van der Waals surface area contributed by atoms with Crippen LogP contribution in [-0.4, -0.2) is 6.04 Å². The molecule has 0 atom stereocenters. The molecule has 1 heterocycles. The van der Waals surface area contributed by atoms with Gasteiger partial charge in [-0.1, -0.05) is 0 Å². The Bertz CT molecular complexity index is 403. The van der Waals surface area contributed by atoms with Crippen molar-refractivity contribution in [2.75, 3.05) is 5.32 Å². The summed E-state index contributed by atoms with van der Waals surface area (Å²) in [6, 6.07) is 9.16. The standard InChI is InChI=1S/C11H13NS/c1-8(2)12-10-3-4-11-9(7-10)5-6-13-11/h3-8,12H,1-2H3. The summed E-state index contributed by atoms with van der Waals surface area (Å²) in [7, 11) is 0. The van der Waals surface area contributed by atoms with E-state index in [9.17, 15) is 0 Å². The van der Waals surface area contributed by atoms with E-state index in [1.807, 2.05) is 0 Å². The zero-order chi connectivity index (χ0) is 9.26. The van der Waals surface area contributed by atoms with E-state index in [4.69, 9.17) is 0 Å². The topological polar surface area (TPSA) is 12.0 Å². The van der Waals surface area contributed by atoms with E-state index in [0.29, 0.717) is 6.04 Å². The molecule has 0 saturated carbocycles. The molecule has 1 nitrogen and oxygen atoms in total. The molecule has 1 N–H and O–H groups in total. The van der Waals surface area contributed by atoms with E-state index in [-0.39, 0.29) is 0 Å². The molecule has 0 fully saturated rings. The van der Waals surface area contributed by atoms with E-state index < -0.39 is 0 Å². The molecule has 0 unspecified atom stereocenters. The van der Waals surface area contributed by atoms with Gasteiger partial charge >= 0.3 is 0 Å². The monoisotopic (exact) mass is 191 g/mol. The van der Waals surface area contributed by atoms with Crippen molar-refractivity contribution >= 4 is 27.1 Å². The van der Waals surface area contributed by atoms with Crippen molar-refractivity contribution in [3.63, 3.8) is 0 Å². The number of rotatable bonds is 2. The molecule has 0 bridgehead atoms. The van der Waals surface area contributed by atoms with Crippen LogP contribution in [0.4, 0.5) is 5.69 Å². The first-order valence-electron chi connectivity index (χ1n) is 4.49. The van der Waals surface area contributed by atoms with E-state index in [1.54, 1.807) is 11.3 Å². The number of benzene rings is 1. The first kappa shape index (κ1) is 8.57. The van der Waals surface area contributed by atoms with Gasteiger partial charge in [-0.2, -0.15) is 0 Å². The van der Waals surface area contributed by atoms with Gasteiger partial charge in [0.2, 0.25) is 0 Å². The highest BCUT2D eigenvalue weighted by Gasteiger charge is 1.98. The van der Waals surface area contributed by atoms with Crippen molar-refractivity contribution in [3.05, 3.63) is 29.6 Å². The maximum atomic E-state index is 3.39. The van der Waals surface area contributed by atoms with Gasteiger partial charge in [-0.3, -0.25) is 0 Å². The molecular formula is C11H13NS. The molecule has 2 aromatic rings. The van der Waals surface area contributed by atoms with Gasteiger partial charge in [0.05, 0.1) is 0 Å². The van der Waals surface area contributed by atoms with Crippen LogP contribution in [0.2, 0.25) is 0 Å². The molecule has 13 heavy (non-hydrogen) atoms. The summed E-state index contributed by atoms with van der Waals surface area (Å²) in [5.41, 5.74) is 1.21. The van der Waals surface area contributed by atoms with E-state index in [1.165, 1.54) is 15.8 Å². The van der Waals surface area contributed by atoms with Gasteiger partial charge in [0.25, 0.3) is 0 Å². The van der Waals surface area contributed by atoms with E-state index in [2.05, 4.69) is 48.8 Å². The van der Waals surface area contributed by atoms with E-state index >= 15 is 0 Å². The fourth-order valence-corrected chi connectivity index (χ4v) is 2.16. The number of fused-ring (bicyclic) bond motifs is 1. The van der Waals surface area contributed by atoms with Crippen LogP contribution in [0.3, 0.4) is 0 Å². The van der Waals surface area contributed by atoms with Gasteiger partial charge in [-0.25, -0.2) is 0 Å². The number of hydrogen-bond acceptors (Lipinski definition) is 2. The van der Waals surface area contributed by atoms with Crippen LogP contribution in [0.15, 0.2) is 29.6 Å². The third-order valence-electron chi connectivity index (χ3n) is 1.91. The predicted molar refractivity (Wildman–Crippen MR) is 60.6 cm³/mol. The number of nitrogens with one attached hydrogen (secondary N) is 1. The molecule has 0 saturated heterocycles. The first-order chi connectivity index (χ1) is 6.25. The molecule has 2 rings (SSSR count). The van der Waals surface area contributed by atoms with Crippen LogP contribution in [0.5, 0.6) is 0 Å². The molecular weight excluding hydrogens is 178 g/mol. The Morgan fingerprint density at radius 1 is 1.23 bits per heavy atom. The summed E-state index contributed by atoms with van der Waals surface area (Å²) in [5, 5.41) is 6.85. The summed E-state index contributed by atoms with van der Waals surface area (Å²) in [4.78, 5) is 0. The predicted octanol–water partition coefficient (Wildman–Crippen LogP) is 3.72. The Morgan fingerprint density at radius 3 is 2.85 bits per heavy atom. The van der Waals surface area contributed by atoms with Gasteiger partial charge in [0.15, 0.2) is 0 Å². The third kappa shape index (κ3) is 1.83. The fraction of sp³-hybridized carbons (Fsp3) is 0.273. The second kappa shape index (κ2) is 3.38. The summed E-state index contributed by atoms with van der Waals surface area (Å²) >= 11 is 1.79. The second-order valence-corrected chi connectivity index (χ2v) is 4.42. The first-order valence-corrected chi connectivity index (χ1v) is 5.37. The maximum Gasteiger partial charge on any atom is 0.0349 e. The molecule has 2 heteroatoms. The number of hydrogen-bond donors (Lipinski definition) is 1. The smallest absolute Gasteiger partial charge is 0.0349 e. The Morgan fingerprint density at radius 2 is 2.08 bits per heavy atom. The summed E-state index contributed by atoms with van der Waals surface area (Å²) in [6.45, 7) is 4.30. The molecule has 0 aliphatic carbocycles. The van der Waals surface area contributed by atoms with Crippen LogP contribution in [0, 0.1) is 0 Å². The van der Waals surface area contributed by atoms with Crippen molar-refractivity contribution in [1.82, 2.24) is 0 Å². The molecule has 0 aliphatic heterocycles. The highest BCUT2D eigenvalue weighted by molar-refractivity contribution is 7.17. The maximum absolute atomic E-state index is 3.39. The summed E-state index contributed by atoms with van der Waals surface area (Å²) < 4.78 is 1.36. The highest BCUT2D eigenvalue weighted by Crippen LogP contribution is 2.24.